The van der Waals surface area contributed by atoms with Gasteiger partial charge in [0.25, 0.3) is 0 Å². The van der Waals surface area contributed by atoms with Crippen molar-refractivity contribution in [2.45, 2.75) is 20.3 Å². The summed E-state index contributed by atoms with van der Waals surface area (Å²) in [6.45, 7) is 8.51. The lowest BCUT2D eigenvalue weighted by atomic mass is 9.98. The number of allylic oxidation sites excluding steroid dienone is 3. The summed E-state index contributed by atoms with van der Waals surface area (Å²) < 4.78 is 0. The van der Waals surface area contributed by atoms with Crippen molar-refractivity contribution < 1.29 is 0 Å². The van der Waals surface area contributed by atoms with Gasteiger partial charge in [-0.25, -0.2) is 0 Å². The summed E-state index contributed by atoms with van der Waals surface area (Å²) in [6, 6.07) is 15.0. The molecule has 0 saturated carbocycles. The van der Waals surface area contributed by atoms with Crippen LogP contribution >= 0.6 is 0 Å². The third kappa shape index (κ3) is 3.10. The average molecular weight is 236 g/mol. The molecule has 0 heterocycles. The van der Waals surface area contributed by atoms with Crippen molar-refractivity contribution in [3.8, 4) is 0 Å². The van der Waals surface area contributed by atoms with Gasteiger partial charge < -0.3 is 0 Å². The lowest BCUT2D eigenvalue weighted by Gasteiger charge is -2.06. The van der Waals surface area contributed by atoms with Crippen LogP contribution in [0.4, 0.5) is 0 Å². The second-order valence-electron chi connectivity index (χ2n) is 5.08. The van der Waals surface area contributed by atoms with E-state index in [1.807, 2.05) is 0 Å². The Morgan fingerprint density at radius 2 is 1.83 bits per heavy atom. The molecule has 0 heteroatoms. The van der Waals surface area contributed by atoms with Crippen molar-refractivity contribution in [2.24, 2.45) is 5.92 Å². The zero-order valence-corrected chi connectivity index (χ0v) is 11.2. The molecule has 92 valence electrons. The van der Waals surface area contributed by atoms with E-state index in [0.29, 0.717) is 5.92 Å². The molecule has 0 nitrogen and oxygen atoms in total. The highest BCUT2D eigenvalue weighted by Gasteiger charge is 2.00. The molecule has 0 aliphatic carbocycles. The maximum Gasteiger partial charge on any atom is -0.00256 e. The molecule has 2 aromatic rings. The highest BCUT2D eigenvalue weighted by Crippen LogP contribution is 2.21. The summed E-state index contributed by atoms with van der Waals surface area (Å²) in [6.07, 6.45) is 5.27. The highest BCUT2D eigenvalue weighted by atomic mass is 14.1. The molecule has 0 fully saturated rings. The smallest absolute Gasteiger partial charge is 0.00256 e. The fourth-order valence-electron chi connectivity index (χ4n) is 2.08. The van der Waals surface area contributed by atoms with Crippen molar-refractivity contribution in [3.63, 3.8) is 0 Å². The van der Waals surface area contributed by atoms with E-state index in [0.717, 1.165) is 6.42 Å². The van der Waals surface area contributed by atoms with E-state index >= 15 is 0 Å². The van der Waals surface area contributed by atoms with E-state index in [9.17, 15) is 0 Å². The first kappa shape index (κ1) is 12.6. The van der Waals surface area contributed by atoms with Gasteiger partial charge in [-0.05, 0) is 28.7 Å². The third-order valence-corrected chi connectivity index (χ3v) is 3.01. The maximum atomic E-state index is 4.14. The Morgan fingerprint density at radius 3 is 2.61 bits per heavy atom. The topological polar surface area (TPSA) is 0 Å². The lowest BCUT2D eigenvalue weighted by Crippen LogP contribution is -1.89. The molecule has 2 aromatic carbocycles. The van der Waals surface area contributed by atoms with Crippen LogP contribution in [0.15, 0.2) is 66.8 Å². The van der Waals surface area contributed by atoms with Crippen LogP contribution in [0.5, 0.6) is 0 Å². The Kier molecular flexibility index (Phi) is 3.99. The predicted octanol–water partition coefficient (Wildman–Crippen LogP) is 5.15. The minimum atomic E-state index is 0.578. The summed E-state index contributed by atoms with van der Waals surface area (Å²) in [5.74, 6) is 0.578. The Balaban J connectivity index is 2.24. The number of hydrogen-bond acceptors (Lipinski definition) is 0. The summed E-state index contributed by atoms with van der Waals surface area (Å²) in [4.78, 5) is 0. The summed E-state index contributed by atoms with van der Waals surface area (Å²) in [5.41, 5.74) is 2.52. The second kappa shape index (κ2) is 5.68. The maximum absolute atomic E-state index is 4.14. The molecule has 0 radical (unpaired) electrons. The highest BCUT2D eigenvalue weighted by molar-refractivity contribution is 5.85. The predicted molar refractivity (Wildman–Crippen MR) is 80.8 cm³/mol. The molecule has 0 N–H and O–H groups in total. The zero-order valence-electron chi connectivity index (χ0n) is 11.2. The average Bonchev–Trinajstić information content (AvgIpc) is 2.37. The van der Waals surface area contributed by atoms with Crippen molar-refractivity contribution in [1.29, 1.82) is 0 Å². The molecule has 0 bridgehead atoms. The van der Waals surface area contributed by atoms with Crippen LogP contribution in [-0.4, -0.2) is 0 Å². The molecule has 0 spiro atoms. The van der Waals surface area contributed by atoms with Crippen molar-refractivity contribution >= 4 is 10.8 Å². The molecule has 0 saturated heterocycles. The Morgan fingerprint density at radius 1 is 1.11 bits per heavy atom. The van der Waals surface area contributed by atoms with Crippen LogP contribution in [0.3, 0.4) is 0 Å². The van der Waals surface area contributed by atoms with E-state index in [2.05, 4.69) is 75.0 Å². The van der Waals surface area contributed by atoms with Crippen molar-refractivity contribution in [1.82, 2.24) is 0 Å². The molecule has 0 aromatic heterocycles. The first-order valence-electron chi connectivity index (χ1n) is 6.49. The van der Waals surface area contributed by atoms with E-state index in [1.54, 1.807) is 0 Å². The Hall–Kier alpha value is -1.82. The van der Waals surface area contributed by atoms with E-state index in [-0.39, 0.29) is 0 Å². The molecule has 18 heavy (non-hydrogen) atoms. The fraction of sp³-hybridized carbons (Fsp3) is 0.222. The van der Waals surface area contributed by atoms with Gasteiger partial charge in [-0.2, -0.15) is 0 Å². The van der Waals surface area contributed by atoms with Gasteiger partial charge in [-0.1, -0.05) is 80.6 Å². The summed E-state index contributed by atoms with van der Waals surface area (Å²) in [7, 11) is 0. The number of fused-ring (bicyclic) bond motifs is 1. The SMILES string of the molecule is C=C(C=CC(C)C)Cc1cccc2ccccc12. The van der Waals surface area contributed by atoms with Gasteiger partial charge in [0.05, 0.1) is 0 Å². The molecule has 0 aliphatic rings. The third-order valence-electron chi connectivity index (χ3n) is 3.01. The fourth-order valence-corrected chi connectivity index (χ4v) is 2.08. The first-order chi connectivity index (χ1) is 8.66. The molecule has 0 aliphatic heterocycles. The van der Waals surface area contributed by atoms with Crippen LogP contribution in [0.1, 0.15) is 19.4 Å². The van der Waals surface area contributed by atoms with Gasteiger partial charge in [-0.15, -0.1) is 0 Å². The first-order valence-corrected chi connectivity index (χ1v) is 6.49. The van der Waals surface area contributed by atoms with Crippen LogP contribution in [0.25, 0.3) is 10.8 Å². The molecule has 2 rings (SSSR count). The minimum Gasteiger partial charge on any atom is -0.0955 e. The molecule has 0 unspecified atom stereocenters. The van der Waals surface area contributed by atoms with E-state index in [1.165, 1.54) is 21.9 Å². The van der Waals surface area contributed by atoms with Crippen molar-refractivity contribution in [2.75, 3.05) is 0 Å². The second-order valence-corrected chi connectivity index (χ2v) is 5.08. The number of benzene rings is 2. The lowest BCUT2D eigenvalue weighted by molar-refractivity contribution is 0.830. The molecule has 0 atom stereocenters. The standard InChI is InChI=1S/C18H20/c1-14(2)11-12-15(3)13-17-9-6-8-16-7-4-5-10-18(16)17/h4-12,14H,3,13H2,1-2H3. The number of hydrogen-bond donors (Lipinski definition) is 0. The zero-order chi connectivity index (χ0) is 13.0. The van der Waals surface area contributed by atoms with Crippen LogP contribution in [0, 0.1) is 5.92 Å². The largest absolute Gasteiger partial charge is 0.0955 e. The van der Waals surface area contributed by atoms with Crippen molar-refractivity contribution in [3.05, 3.63) is 72.3 Å². The van der Waals surface area contributed by atoms with E-state index in [4.69, 9.17) is 0 Å². The van der Waals surface area contributed by atoms with Gasteiger partial charge >= 0.3 is 0 Å². The monoisotopic (exact) mass is 236 g/mol. The number of rotatable bonds is 4. The van der Waals surface area contributed by atoms with Crippen LogP contribution in [-0.2, 0) is 6.42 Å². The van der Waals surface area contributed by atoms with Gasteiger partial charge in [0, 0.05) is 0 Å². The van der Waals surface area contributed by atoms with Crippen LogP contribution in [0.2, 0.25) is 0 Å². The summed E-state index contributed by atoms with van der Waals surface area (Å²) >= 11 is 0. The van der Waals surface area contributed by atoms with Gasteiger partial charge in [0.15, 0.2) is 0 Å². The van der Waals surface area contributed by atoms with Crippen LogP contribution < -0.4 is 0 Å². The Labute approximate surface area is 110 Å². The quantitative estimate of drug-likeness (QED) is 0.644. The normalized spacial score (nSPS) is 11.5. The molecule has 0 amide bonds. The Bertz CT molecular complexity index is 568. The van der Waals surface area contributed by atoms with Gasteiger partial charge in [0.1, 0.15) is 0 Å². The van der Waals surface area contributed by atoms with Gasteiger partial charge in [-0.3, -0.25) is 0 Å². The van der Waals surface area contributed by atoms with Gasteiger partial charge in [0.2, 0.25) is 0 Å². The molecular formula is C18H20. The van der Waals surface area contributed by atoms with E-state index < -0.39 is 0 Å². The molecular weight excluding hydrogens is 216 g/mol. The minimum absolute atomic E-state index is 0.578. The summed E-state index contributed by atoms with van der Waals surface area (Å²) in [5, 5.41) is 2.63.